The van der Waals surface area contributed by atoms with Crippen LogP contribution >= 0.6 is 11.8 Å². The maximum absolute atomic E-state index is 12.4. The van der Waals surface area contributed by atoms with Gasteiger partial charge in [0.05, 0.1) is 6.54 Å². The number of benzene rings is 1. The molecule has 0 fully saturated rings. The molecule has 0 radical (unpaired) electrons. The lowest BCUT2D eigenvalue weighted by molar-refractivity contribution is 0.0924. The minimum absolute atomic E-state index is 0.222. The number of carbonyl (C=O) groups is 1. The van der Waals surface area contributed by atoms with Crippen LogP contribution in [0.5, 0.6) is 0 Å². The Morgan fingerprint density at radius 1 is 1.37 bits per heavy atom. The van der Waals surface area contributed by atoms with Gasteiger partial charge in [-0.3, -0.25) is 9.69 Å². The molecular formula is C16H25NOS. The highest BCUT2D eigenvalue weighted by molar-refractivity contribution is 7.98. The number of likely N-dealkylation sites (N-methyl/N-ethyl adjacent to an activating group) is 1. The Morgan fingerprint density at radius 2 is 2.05 bits per heavy atom. The summed E-state index contributed by atoms with van der Waals surface area (Å²) in [6.45, 7) is 6.75. The largest absolute Gasteiger partial charge is 0.295 e. The van der Waals surface area contributed by atoms with Crippen LogP contribution in [0, 0.1) is 13.8 Å². The first-order valence-corrected chi connectivity index (χ1v) is 8.18. The molecule has 0 amide bonds. The number of nitrogens with zero attached hydrogens (tertiary/aromatic N) is 1. The topological polar surface area (TPSA) is 20.3 Å². The molecule has 1 rings (SSSR count). The summed E-state index contributed by atoms with van der Waals surface area (Å²) in [7, 11) is 2.05. The third-order valence-corrected chi connectivity index (χ3v) is 4.25. The van der Waals surface area contributed by atoms with Gasteiger partial charge in [-0.2, -0.15) is 11.8 Å². The number of aryl methyl sites for hydroxylation is 2. The van der Waals surface area contributed by atoms with Gasteiger partial charge in [0.1, 0.15) is 0 Å². The van der Waals surface area contributed by atoms with Crippen LogP contribution in [-0.4, -0.2) is 42.3 Å². The highest BCUT2D eigenvalue weighted by Crippen LogP contribution is 2.14. The van der Waals surface area contributed by atoms with Crippen molar-refractivity contribution >= 4 is 17.5 Å². The van der Waals surface area contributed by atoms with Crippen molar-refractivity contribution in [2.75, 3.05) is 25.6 Å². The number of hydrogen-bond donors (Lipinski definition) is 0. The van der Waals surface area contributed by atoms with Gasteiger partial charge in [-0.25, -0.2) is 0 Å². The van der Waals surface area contributed by atoms with Crippen molar-refractivity contribution < 1.29 is 4.79 Å². The van der Waals surface area contributed by atoms with E-state index in [0.29, 0.717) is 12.6 Å². The molecule has 0 N–H and O–H groups in total. The van der Waals surface area contributed by atoms with Gasteiger partial charge in [0.15, 0.2) is 5.78 Å². The minimum Gasteiger partial charge on any atom is -0.295 e. The second-order valence-corrected chi connectivity index (χ2v) is 6.08. The molecule has 0 aromatic heterocycles. The Bertz CT molecular complexity index is 431. The van der Waals surface area contributed by atoms with E-state index in [-0.39, 0.29) is 5.78 Å². The summed E-state index contributed by atoms with van der Waals surface area (Å²) >= 11 is 1.84. The standard InChI is InChI=1S/C16H25NOS/c1-6-14(11-19-5)17(4)10-16(18)15-8-7-12(2)9-13(15)3/h7-9,14H,6,10-11H2,1-5H3. The van der Waals surface area contributed by atoms with Crippen LogP contribution < -0.4 is 0 Å². The van der Waals surface area contributed by atoms with E-state index in [1.54, 1.807) is 0 Å². The molecular weight excluding hydrogens is 254 g/mol. The zero-order valence-electron chi connectivity index (χ0n) is 12.7. The van der Waals surface area contributed by atoms with Crippen molar-refractivity contribution in [3.8, 4) is 0 Å². The van der Waals surface area contributed by atoms with E-state index in [0.717, 1.165) is 23.3 Å². The monoisotopic (exact) mass is 279 g/mol. The Hall–Kier alpha value is -0.800. The fourth-order valence-electron chi connectivity index (χ4n) is 2.32. The van der Waals surface area contributed by atoms with Crippen LogP contribution in [-0.2, 0) is 0 Å². The lowest BCUT2D eigenvalue weighted by atomic mass is 10.0. The van der Waals surface area contributed by atoms with Gasteiger partial charge in [0, 0.05) is 17.4 Å². The normalized spacial score (nSPS) is 12.7. The molecule has 0 spiro atoms. The Morgan fingerprint density at radius 3 is 2.58 bits per heavy atom. The molecule has 1 atom stereocenters. The van der Waals surface area contributed by atoms with Crippen LogP contribution in [0.1, 0.15) is 34.8 Å². The molecule has 0 heterocycles. The van der Waals surface area contributed by atoms with Crippen LogP contribution in [0.2, 0.25) is 0 Å². The number of rotatable bonds is 7. The van der Waals surface area contributed by atoms with Crippen molar-refractivity contribution in [2.24, 2.45) is 0 Å². The molecule has 1 aromatic rings. The van der Waals surface area contributed by atoms with E-state index in [1.165, 1.54) is 5.56 Å². The van der Waals surface area contributed by atoms with Gasteiger partial charge >= 0.3 is 0 Å². The number of Topliss-reactive ketones (excluding diaryl/α,β-unsaturated/α-hetero) is 1. The third kappa shape index (κ3) is 4.66. The first kappa shape index (κ1) is 16.3. The van der Waals surface area contributed by atoms with E-state index in [4.69, 9.17) is 0 Å². The van der Waals surface area contributed by atoms with Gasteiger partial charge in [-0.15, -0.1) is 0 Å². The molecule has 0 aliphatic rings. The lowest BCUT2D eigenvalue weighted by Crippen LogP contribution is -2.37. The first-order chi connectivity index (χ1) is 8.99. The first-order valence-electron chi connectivity index (χ1n) is 6.79. The molecule has 0 saturated heterocycles. The fourth-order valence-corrected chi connectivity index (χ4v) is 3.19. The molecule has 19 heavy (non-hydrogen) atoms. The van der Waals surface area contributed by atoms with E-state index in [9.17, 15) is 4.79 Å². The van der Waals surface area contributed by atoms with Crippen molar-refractivity contribution in [1.82, 2.24) is 4.90 Å². The van der Waals surface area contributed by atoms with Gasteiger partial charge in [0.2, 0.25) is 0 Å². The average Bonchev–Trinajstić information content (AvgIpc) is 2.35. The van der Waals surface area contributed by atoms with Crippen LogP contribution in [0.3, 0.4) is 0 Å². The predicted molar refractivity (Wildman–Crippen MR) is 85.3 cm³/mol. The van der Waals surface area contributed by atoms with Crippen molar-refractivity contribution in [3.63, 3.8) is 0 Å². The van der Waals surface area contributed by atoms with Gasteiger partial charge < -0.3 is 0 Å². The molecule has 0 aliphatic carbocycles. The van der Waals surface area contributed by atoms with Crippen molar-refractivity contribution in [1.29, 1.82) is 0 Å². The summed E-state index contributed by atoms with van der Waals surface area (Å²) in [5.41, 5.74) is 3.14. The fraction of sp³-hybridized carbons (Fsp3) is 0.562. The Labute approximate surface area is 121 Å². The Balaban J connectivity index is 2.73. The smallest absolute Gasteiger partial charge is 0.177 e. The summed E-state index contributed by atoms with van der Waals surface area (Å²) in [6, 6.07) is 6.52. The average molecular weight is 279 g/mol. The summed E-state index contributed by atoms with van der Waals surface area (Å²) in [5, 5.41) is 0. The molecule has 3 heteroatoms. The Kier molecular flexibility index (Phi) is 6.59. The highest BCUT2D eigenvalue weighted by Gasteiger charge is 2.17. The summed E-state index contributed by atoms with van der Waals surface area (Å²) in [6.07, 6.45) is 3.19. The summed E-state index contributed by atoms with van der Waals surface area (Å²) in [5.74, 6) is 1.30. The van der Waals surface area contributed by atoms with E-state index >= 15 is 0 Å². The van der Waals surface area contributed by atoms with Crippen molar-refractivity contribution in [3.05, 3.63) is 34.9 Å². The van der Waals surface area contributed by atoms with E-state index in [2.05, 4.69) is 31.1 Å². The molecule has 0 saturated carbocycles. The summed E-state index contributed by atoms with van der Waals surface area (Å²) in [4.78, 5) is 14.5. The van der Waals surface area contributed by atoms with E-state index < -0.39 is 0 Å². The molecule has 0 aliphatic heterocycles. The van der Waals surface area contributed by atoms with Gasteiger partial charge in [-0.1, -0.05) is 30.7 Å². The molecule has 1 aromatic carbocycles. The predicted octanol–water partition coefficient (Wildman–Crippen LogP) is 3.56. The number of hydrogen-bond acceptors (Lipinski definition) is 3. The van der Waals surface area contributed by atoms with Crippen LogP contribution in [0.4, 0.5) is 0 Å². The SMILES string of the molecule is CCC(CSC)N(C)CC(=O)c1ccc(C)cc1C. The summed E-state index contributed by atoms with van der Waals surface area (Å²) < 4.78 is 0. The molecule has 1 unspecified atom stereocenters. The highest BCUT2D eigenvalue weighted by atomic mass is 32.2. The maximum atomic E-state index is 12.4. The molecule has 0 bridgehead atoms. The maximum Gasteiger partial charge on any atom is 0.177 e. The second kappa shape index (κ2) is 7.71. The van der Waals surface area contributed by atoms with Crippen LogP contribution in [0.25, 0.3) is 0 Å². The molecule has 2 nitrogen and oxygen atoms in total. The zero-order chi connectivity index (χ0) is 14.4. The second-order valence-electron chi connectivity index (χ2n) is 5.17. The third-order valence-electron chi connectivity index (χ3n) is 3.53. The van der Waals surface area contributed by atoms with Gasteiger partial charge in [0.25, 0.3) is 0 Å². The number of thioether (sulfide) groups is 1. The lowest BCUT2D eigenvalue weighted by Gasteiger charge is -2.26. The molecule has 106 valence electrons. The number of ketones is 1. The van der Waals surface area contributed by atoms with Crippen molar-refractivity contribution in [2.45, 2.75) is 33.2 Å². The number of carbonyl (C=O) groups excluding carboxylic acids is 1. The quantitative estimate of drug-likeness (QED) is 0.712. The van der Waals surface area contributed by atoms with E-state index in [1.807, 2.05) is 37.9 Å². The van der Waals surface area contributed by atoms with Gasteiger partial charge in [-0.05, 0) is 39.1 Å². The minimum atomic E-state index is 0.222. The van der Waals surface area contributed by atoms with Crippen LogP contribution in [0.15, 0.2) is 18.2 Å². The zero-order valence-corrected chi connectivity index (χ0v) is 13.5.